The number of pyridine rings is 1. The zero-order valence-electron chi connectivity index (χ0n) is 10.3. The number of aliphatic hydroxyl groups is 1. The van der Waals surface area contributed by atoms with Crippen molar-refractivity contribution >= 4 is 5.82 Å². The van der Waals surface area contributed by atoms with E-state index < -0.39 is 6.10 Å². The number of aromatic nitrogens is 3. The molecule has 6 nitrogen and oxygen atoms in total. The quantitative estimate of drug-likeness (QED) is 0.756. The molecular formula is C12H16N4O2. The van der Waals surface area contributed by atoms with Crippen LogP contribution in [-0.2, 0) is 0 Å². The average Bonchev–Trinajstić information content (AvgIpc) is 2.74. The molecule has 6 heteroatoms. The van der Waals surface area contributed by atoms with Crippen LogP contribution in [0, 0.1) is 0 Å². The first-order valence-electron chi connectivity index (χ1n) is 5.66. The zero-order valence-corrected chi connectivity index (χ0v) is 10.3. The molecule has 0 saturated carbocycles. The molecule has 4 N–H and O–H groups in total. The topological polar surface area (TPSA) is 97.0 Å². The molecular weight excluding hydrogens is 232 g/mol. The lowest BCUT2D eigenvalue weighted by Crippen LogP contribution is -2.07. The van der Waals surface area contributed by atoms with Crippen LogP contribution in [0.25, 0.3) is 0 Å². The highest BCUT2D eigenvalue weighted by molar-refractivity contribution is 5.43. The first-order valence-corrected chi connectivity index (χ1v) is 5.66. The molecule has 2 aromatic rings. The van der Waals surface area contributed by atoms with Gasteiger partial charge in [-0.05, 0) is 19.9 Å². The van der Waals surface area contributed by atoms with Crippen molar-refractivity contribution in [2.75, 3.05) is 5.73 Å². The zero-order chi connectivity index (χ0) is 13.1. The van der Waals surface area contributed by atoms with Crippen LogP contribution >= 0.6 is 0 Å². The van der Waals surface area contributed by atoms with Crippen LogP contribution in [0.3, 0.4) is 0 Å². The number of aromatic amines is 1. The van der Waals surface area contributed by atoms with E-state index >= 15 is 0 Å². The van der Waals surface area contributed by atoms with E-state index in [0.29, 0.717) is 22.7 Å². The highest BCUT2D eigenvalue weighted by Crippen LogP contribution is 2.26. The van der Waals surface area contributed by atoms with Gasteiger partial charge in [-0.25, -0.2) is 0 Å². The van der Waals surface area contributed by atoms with Crippen molar-refractivity contribution in [3.05, 3.63) is 35.8 Å². The molecule has 18 heavy (non-hydrogen) atoms. The fourth-order valence-corrected chi connectivity index (χ4v) is 1.62. The van der Waals surface area contributed by atoms with E-state index in [2.05, 4.69) is 15.2 Å². The molecule has 0 bridgehead atoms. The van der Waals surface area contributed by atoms with Gasteiger partial charge in [-0.15, -0.1) is 0 Å². The molecule has 0 amide bonds. The first-order chi connectivity index (χ1) is 8.58. The fraction of sp³-hybridized carbons (Fsp3) is 0.333. The summed E-state index contributed by atoms with van der Waals surface area (Å²) in [6.07, 6.45) is 3.86. The molecule has 1 atom stereocenters. The van der Waals surface area contributed by atoms with Crippen molar-refractivity contribution in [3.63, 3.8) is 0 Å². The van der Waals surface area contributed by atoms with Gasteiger partial charge >= 0.3 is 0 Å². The standard InChI is InChI=1S/C12H16N4O2/c1-7(2)18-9-3-8(4-14-5-9)11(17)10-6-15-16-12(10)13/h3-7,11,17H,1-2H3,(H3,13,15,16). The van der Waals surface area contributed by atoms with Crippen molar-refractivity contribution in [1.82, 2.24) is 15.2 Å². The highest BCUT2D eigenvalue weighted by atomic mass is 16.5. The second kappa shape index (κ2) is 5.05. The molecule has 0 fully saturated rings. The summed E-state index contributed by atoms with van der Waals surface area (Å²) >= 11 is 0. The van der Waals surface area contributed by atoms with Crippen molar-refractivity contribution in [2.24, 2.45) is 0 Å². The molecule has 0 radical (unpaired) electrons. The number of nitrogens with one attached hydrogen (secondary N) is 1. The number of aliphatic hydroxyl groups excluding tert-OH is 1. The van der Waals surface area contributed by atoms with Crippen molar-refractivity contribution < 1.29 is 9.84 Å². The Kier molecular flexibility index (Phi) is 3.47. The van der Waals surface area contributed by atoms with Crippen molar-refractivity contribution in [2.45, 2.75) is 26.1 Å². The molecule has 1 unspecified atom stereocenters. The van der Waals surface area contributed by atoms with Crippen LogP contribution in [0.15, 0.2) is 24.7 Å². The number of anilines is 1. The van der Waals surface area contributed by atoms with Gasteiger partial charge in [0.15, 0.2) is 0 Å². The Morgan fingerprint density at radius 2 is 2.11 bits per heavy atom. The minimum absolute atomic E-state index is 0.0539. The van der Waals surface area contributed by atoms with Crippen LogP contribution in [0.5, 0.6) is 5.75 Å². The number of nitrogens with zero attached hydrogens (tertiary/aromatic N) is 2. The SMILES string of the molecule is CC(C)Oc1cncc(C(O)c2cn[nH]c2N)c1. The normalized spacial score (nSPS) is 12.7. The van der Waals surface area contributed by atoms with E-state index in [-0.39, 0.29) is 6.10 Å². The van der Waals surface area contributed by atoms with Gasteiger partial charge in [-0.3, -0.25) is 10.1 Å². The predicted molar refractivity (Wildman–Crippen MR) is 67.1 cm³/mol. The summed E-state index contributed by atoms with van der Waals surface area (Å²) in [7, 11) is 0. The summed E-state index contributed by atoms with van der Waals surface area (Å²) in [5.41, 5.74) is 6.81. The van der Waals surface area contributed by atoms with Crippen LogP contribution in [0.4, 0.5) is 5.82 Å². The molecule has 0 saturated heterocycles. The summed E-state index contributed by atoms with van der Waals surface area (Å²) in [6.45, 7) is 3.86. The number of hydrogen-bond donors (Lipinski definition) is 3. The molecule has 0 aliphatic heterocycles. The Bertz CT molecular complexity index is 524. The summed E-state index contributed by atoms with van der Waals surface area (Å²) in [6, 6.07) is 1.74. The van der Waals surface area contributed by atoms with E-state index in [1.54, 1.807) is 18.5 Å². The number of H-pyrrole nitrogens is 1. The van der Waals surface area contributed by atoms with E-state index in [9.17, 15) is 5.11 Å². The Hall–Kier alpha value is -2.08. The smallest absolute Gasteiger partial charge is 0.138 e. The second-order valence-electron chi connectivity index (χ2n) is 4.26. The maximum atomic E-state index is 10.2. The molecule has 0 aliphatic carbocycles. The average molecular weight is 248 g/mol. The first kappa shape index (κ1) is 12.4. The van der Waals surface area contributed by atoms with Crippen LogP contribution in [0.2, 0.25) is 0 Å². The summed E-state index contributed by atoms with van der Waals surface area (Å²) in [5, 5.41) is 16.5. The molecule has 2 heterocycles. The van der Waals surface area contributed by atoms with Crippen LogP contribution < -0.4 is 10.5 Å². The van der Waals surface area contributed by atoms with Crippen molar-refractivity contribution in [3.8, 4) is 5.75 Å². The molecule has 96 valence electrons. The van der Waals surface area contributed by atoms with Gasteiger partial charge in [0.2, 0.25) is 0 Å². The van der Waals surface area contributed by atoms with E-state index in [4.69, 9.17) is 10.5 Å². The van der Waals surface area contributed by atoms with Gasteiger partial charge in [0.25, 0.3) is 0 Å². The third-order valence-corrected chi connectivity index (χ3v) is 2.42. The maximum Gasteiger partial charge on any atom is 0.138 e. The Morgan fingerprint density at radius 1 is 1.33 bits per heavy atom. The lowest BCUT2D eigenvalue weighted by atomic mass is 10.1. The van der Waals surface area contributed by atoms with Gasteiger partial charge in [-0.1, -0.05) is 0 Å². The van der Waals surface area contributed by atoms with E-state index in [0.717, 1.165) is 0 Å². The number of rotatable bonds is 4. The second-order valence-corrected chi connectivity index (χ2v) is 4.26. The van der Waals surface area contributed by atoms with Gasteiger partial charge < -0.3 is 15.6 Å². The lowest BCUT2D eigenvalue weighted by molar-refractivity contribution is 0.216. The predicted octanol–water partition coefficient (Wildman–Crippen LogP) is 1.26. The summed E-state index contributed by atoms with van der Waals surface area (Å²) < 4.78 is 5.52. The number of nitrogen functional groups attached to an aromatic ring is 1. The van der Waals surface area contributed by atoms with E-state index in [1.165, 1.54) is 6.20 Å². The summed E-state index contributed by atoms with van der Waals surface area (Å²) in [4.78, 5) is 4.04. The van der Waals surface area contributed by atoms with Gasteiger partial charge in [-0.2, -0.15) is 5.10 Å². The number of nitrogens with two attached hydrogens (primary N) is 1. The monoisotopic (exact) mass is 248 g/mol. The third-order valence-electron chi connectivity index (χ3n) is 2.42. The minimum Gasteiger partial charge on any atom is -0.489 e. The van der Waals surface area contributed by atoms with Gasteiger partial charge in [0, 0.05) is 17.3 Å². The molecule has 0 spiro atoms. The lowest BCUT2D eigenvalue weighted by Gasteiger charge is -2.13. The Morgan fingerprint density at radius 3 is 2.72 bits per heavy atom. The Labute approximate surface area is 105 Å². The van der Waals surface area contributed by atoms with E-state index in [1.807, 2.05) is 13.8 Å². The minimum atomic E-state index is -0.869. The molecule has 0 aromatic carbocycles. The Balaban J connectivity index is 2.25. The summed E-state index contributed by atoms with van der Waals surface area (Å²) in [5.74, 6) is 0.960. The molecule has 0 aliphatic rings. The third kappa shape index (κ3) is 2.60. The number of ether oxygens (including phenoxy) is 1. The van der Waals surface area contributed by atoms with Gasteiger partial charge in [0.05, 0.1) is 18.5 Å². The van der Waals surface area contributed by atoms with Gasteiger partial charge in [0.1, 0.15) is 17.7 Å². The van der Waals surface area contributed by atoms with Crippen LogP contribution in [-0.4, -0.2) is 26.4 Å². The fourth-order valence-electron chi connectivity index (χ4n) is 1.62. The molecule has 2 aromatic heterocycles. The van der Waals surface area contributed by atoms with Crippen LogP contribution in [0.1, 0.15) is 31.1 Å². The molecule has 2 rings (SSSR count). The maximum absolute atomic E-state index is 10.2. The largest absolute Gasteiger partial charge is 0.489 e. The van der Waals surface area contributed by atoms with Crippen molar-refractivity contribution in [1.29, 1.82) is 0 Å². The highest BCUT2D eigenvalue weighted by Gasteiger charge is 2.16. The number of hydrogen-bond acceptors (Lipinski definition) is 5.